The van der Waals surface area contributed by atoms with E-state index in [0.717, 1.165) is 0 Å². The van der Waals surface area contributed by atoms with Gasteiger partial charge in [-0.05, 0) is 37.6 Å². The Labute approximate surface area is 146 Å². The fraction of sp³-hybridized carbons (Fsp3) is 0.211. The minimum absolute atomic E-state index is 0.0424. The van der Waals surface area contributed by atoms with Crippen molar-refractivity contribution in [1.29, 1.82) is 0 Å². The third-order valence-electron chi connectivity index (χ3n) is 3.22. The quantitative estimate of drug-likeness (QED) is 0.345. The molecule has 1 N–H and O–H groups in total. The summed E-state index contributed by atoms with van der Waals surface area (Å²) in [5.74, 6) is 0.0901. The predicted octanol–water partition coefficient (Wildman–Crippen LogP) is 4.61. The summed E-state index contributed by atoms with van der Waals surface area (Å²) in [5.41, 5.74) is 1.93. The smallest absolute Gasteiger partial charge is 0.333 e. The van der Waals surface area contributed by atoms with Crippen molar-refractivity contribution in [1.82, 2.24) is 0 Å². The molecule has 6 nitrogen and oxygen atoms in total. The second-order valence-corrected chi connectivity index (χ2v) is 5.41. The summed E-state index contributed by atoms with van der Waals surface area (Å²) in [6, 6.07) is 12.5. The van der Waals surface area contributed by atoms with Gasteiger partial charge in [0.05, 0.1) is 5.69 Å². The van der Waals surface area contributed by atoms with Crippen LogP contribution < -0.4 is 4.74 Å². The summed E-state index contributed by atoms with van der Waals surface area (Å²) in [4.78, 5) is 11.3. The molecule has 0 bridgehead atoms. The highest BCUT2D eigenvalue weighted by atomic mass is 16.6. The van der Waals surface area contributed by atoms with Crippen LogP contribution in [0.4, 0.5) is 11.4 Å². The van der Waals surface area contributed by atoms with Gasteiger partial charge in [-0.15, -0.1) is 5.11 Å². The van der Waals surface area contributed by atoms with E-state index in [1.165, 1.54) is 0 Å². The van der Waals surface area contributed by atoms with E-state index in [1.807, 2.05) is 30.3 Å². The zero-order chi connectivity index (χ0) is 18.2. The molecule has 0 radical (unpaired) electrons. The first-order valence-electron chi connectivity index (χ1n) is 7.73. The average molecular weight is 340 g/mol. The highest BCUT2D eigenvalue weighted by Gasteiger charge is 2.08. The molecule has 0 aliphatic carbocycles. The lowest BCUT2D eigenvalue weighted by Gasteiger charge is -2.10. The fourth-order valence-electron chi connectivity index (χ4n) is 1.91. The third kappa shape index (κ3) is 5.46. The van der Waals surface area contributed by atoms with E-state index >= 15 is 0 Å². The number of phenolic OH excluding ortho intramolecular Hbond substituents is 1. The van der Waals surface area contributed by atoms with Gasteiger partial charge >= 0.3 is 5.97 Å². The molecule has 0 fully saturated rings. The number of hydrogen-bond acceptors (Lipinski definition) is 6. The fourth-order valence-corrected chi connectivity index (χ4v) is 1.91. The van der Waals surface area contributed by atoms with Crippen LogP contribution >= 0.6 is 0 Å². The van der Waals surface area contributed by atoms with Crippen LogP contribution in [-0.4, -0.2) is 24.3 Å². The number of carbonyl (C=O) groups excluding carboxylic acids is 1. The second-order valence-electron chi connectivity index (χ2n) is 5.41. The second kappa shape index (κ2) is 8.63. The molecule has 0 saturated carbocycles. The van der Waals surface area contributed by atoms with E-state index in [2.05, 4.69) is 16.8 Å². The topological polar surface area (TPSA) is 80.5 Å². The Hall–Kier alpha value is -3.15. The zero-order valence-electron chi connectivity index (χ0n) is 14.2. The summed E-state index contributed by atoms with van der Waals surface area (Å²) in [7, 11) is 0. The number of aryl methyl sites for hydroxylation is 1. The van der Waals surface area contributed by atoms with Gasteiger partial charge in [0.25, 0.3) is 0 Å². The maximum atomic E-state index is 11.3. The molecule has 0 aliphatic rings. The zero-order valence-corrected chi connectivity index (χ0v) is 14.2. The molecular weight excluding hydrogens is 320 g/mol. The van der Waals surface area contributed by atoms with Gasteiger partial charge in [-0.1, -0.05) is 24.8 Å². The summed E-state index contributed by atoms with van der Waals surface area (Å²) < 4.78 is 10.5. The summed E-state index contributed by atoms with van der Waals surface area (Å²) >= 11 is 0. The van der Waals surface area contributed by atoms with E-state index in [1.54, 1.807) is 26.0 Å². The molecule has 6 heteroatoms. The molecule has 130 valence electrons. The number of aromatic hydroxyl groups is 1. The van der Waals surface area contributed by atoms with E-state index in [9.17, 15) is 9.90 Å². The summed E-state index contributed by atoms with van der Waals surface area (Å²) in [6.07, 6.45) is 0. The van der Waals surface area contributed by atoms with Crippen LogP contribution in [0.15, 0.2) is 64.8 Å². The van der Waals surface area contributed by atoms with E-state index in [0.29, 0.717) is 28.3 Å². The molecule has 2 rings (SSSR count). The number of benzene rings is 2. The van der Waals surface area contributed by atoms with Crippen LogP contribution in [0.1, 0.15) is 12.5 Å². The number of carbonyl (C=O) groups is 1. The molecule has 0 aromatic heterocycles. The molecule has 25 heavy (non-hydrogen) atoms. The van der Waals surface area contributed by atoms with Gasteiger partial charge in [0, 0.05) is 11.6 Å². The lowest BCUT2D eigenvalue weighted by atomic mass is 10.2. The molecule has 0 saturated heterocycles. The van der Waals surface area contributed by atoms with Crippen molar-refractivity contribution in [2.24, 2.45) is 10.2 Å². The van der Waals surface area contributed by atoms with Crippen LogP contribution in [0.2, 0.25) is 0 Å². The average Bonchev–Trinajstić information content (AvgIpc) is 2.60. The number of esters is 1. The van der Waals surface area contributed by atoms with Crippen molar-refractivity contribution in [2.75, 3.05) is 13.2 Å². The first kappa shape index (κ1) is 18.2. The van der Waals surface area contributed by atoms with Crippen LogP contribution in [0.3, 0.4) is 0 Å². The molecule has 0 spiro atoms. The minimum Gasteiger partial charge on any atom is -0.505 e. The van der Waals surface area contributed by atoms with Gasteiger partial charge in [0.15, 0.2) is 0 Å². The van der Waals surface area contributed by atoms with Crippen LogP contribution in [0.5, 0.6) is 11.5 Å². The van der Waals surface area contributed by atoms with Crippen molar-refractivity contribution >= 4 is 17.3 Å². The number of rotatable bonds is 7. The molecule has 0 aliphatic heterocycles. The van der Waals surface area contributed by atoms with Crippen molar-refractivity contribution < 1.29 is 19.4 Å². The number of azo groups is 1. The molecule has 0 unspecified atom stereocenters. The van der Waals surface area contributed by atoms with Gasteiger partial charge in [-0.25, -0.2) is 4.79 Å². The number of hydrogen-bond donors (Lipinski definition) is 1. The maximum Gasteiger partial charge on any atom is 0.333 e. The SMILES string of the molecule is C=C(C)C(=O)OCCOc1cc(C)c(O)c(N=Nc2ccccc2)c1. The van der Waals surface area contributed by atoms with Crippen LogP contribution in [0.25, 0.3) is 0 Å². The molecule has 0 atom stereocenters. The van der Waals surface area contributed by atoms with Gasteiger partial charge in [-0.3, -0.25) is 0 Å². The van der Waals surface area contributed by atoms with Crippen LogP contribution in [-0.2, 0) is 9.53 Å². The maximum absolute atomic E-state index is 11.3. The molecule has 2 aromatic carbocycles. The lowest BCUT2D eigenvalue weighted by molar-refractivity contribution is -0.139. The largest absolute Gasteiger partial charge is 0.505 e. The monoisotopic (exact) mass is 340 g/mol. The standard InChI is InChI=1S/C19H20N2O4/c1-13(2)19(23)25-10-9-24-16-11-14(3)18(22)17(12-16)21-20-15-7-5-4-6-8-15/h4-8,11-12,22H,1,9-10H2,2-3H3. The number of ether oxygens (including phenoxy) is 2. The Morgan fingerprint density at radius 1 is 1.16 bits per heavy atom. The highest BCUT2D eigenvalue weighted by molar-refractivity contribution is 5.86. The van der Waals surface area contributed by atoms with Crippen molar-refractivity contribution in [3.05, 3.63) is 60.2 Å². The molecule has 0 amide bonds. The Morgan fingerprint density at radius 3 is 2.56 bits per heavy atom. The van der Waals surface area contributed by atoms with Crippen molar-refractivity contribution in [3.8, 4) is 11.5 Å². The number of phenols is 1. The summed E-state index contributed by atoms with van der Waals surface area (Å²) in [6.45, 7) is 7.11. The van der Waals surface area contributed by atoms with E-state index < -0.39 is 5.97 Å². The number of nitrogens with zero attached hydrogens (tertiary/aromatic N) is 2. The van der Waals surface area contributed by atoms with Gasteiger partial charge in [0.1, 0.15) is 30.4 Å². The van der Waals surface area contributed by atoms with Gasteiger partial charge < -0.3 is 14.6 Å². The van der Waals surface area contributed by atoms with Gasteiger partial charge in [-0.2, -0.15) is 5.11 Å². The first-order chi connectivity index (χ1) is 12.0. The predicted molar refractivity (Wildman–Crippen MR) is 94.7 cm³/mol. The highest BCUT2D eigenvalue weighted by Crippen LogP contribution is 2.35. The molecule has 0 heterocycles. The normalized spacial score (nSPS) is 10.6. The Balaban J connectivity index is 2.03. The van der Waals surface area contributed by atoms with Gasteiger partial charge in [0.2, 0.25) is 0 Å². The lowest BCUT2D eigenvalue weighted by Crippen LogP contribution is -2.12. The van der Waals surface area contributed by atoms with E-state index in [-0.39, 0.29) is 19.0 Å². The minimum atomic E-state index is -0.456. The molecule has 2 aromatic rings. The van der Waals surface area contributed by atoms with Crippen molar-refractivity contribution in [3.63, 3.8) is 0 Å². The van der Waals surface area contributed by atoms with Crippen LogP contribution in [0, 0.1) is 6.92 Å². The third-order valence-corrected chi connectivity index (χ3v) is 3.22. The van der Waals surface area contributed by atoms with E-state index in [4.69, 9.17) is 9.47 Å². The summed E-state index contributed by atoms with van der Waals surface area (Å²) in [5, 5.41) is 18.3. The Kier molecular flexibility index (Phi) is 6.28. The van der Waals surface area contributed by atoms with Crippen molar-refractivity contribution in [2.45, 2.75) is 13.8 Å². The molecular formula is C19H20N2O4. The Morgan fingerprint density at radius 2 is 1.88 bits per heavy atom. The Bertz CT molecular complexity index is 786. The first-order valence-corrected chi connectivity index (χ1v) is 7.73.